The molecule has 108 valence electrons. The van der Waals surface area contributed by atoms with Crippen molar-refractivity contribution in [2.75, 3.05) is 7.11 Å². The maximum Gasteiger partial charge on any atom is 0.135 e. The van der Waals surface area contributed by atoms with Gasteiger partial charge in [-0.25, -0.2) is 4.98 Å². The van der Waals surface area contributed by atoms with Crippen LogP contribution >= 0.6 is 0 Å². The molecule has 4 nitrogen and oxygen atoms in total. The Bertz CT molecular complexity index is 369. The van der Waals surface area contributed by atoms with Gasteiger partial charge in [0, 0.05) is 31.6 Å². The molecular weight excluding hydrogens is 238 g/mol. The van der Waals surface area contributed by atoms with E-state index in [1.54, 1.807) is 7.11 Å². The summed E-state index contributed by atoms with van der Waals surface area (Å²) in [4.78, 5) is 7.94. The van der Waals surface area contributed by atoms with Gasteiger partial charge in [0.15, 0.2) is 0 Å². The summed E-state index contributed by atoms with van der Waals surface area (Å²) < 4.78 is 5.70. The minimum Gasteiger partial charge on any atom is -0.373 e. The number of imidazole rings is 1. The van der Waals surface area contributed by atoms with E-state index in [9.17, 15) is 0 Å². The SMILES string of the molecule is COC(c1ncc(CNC(C)C)[nH]1)C1CCCCC1. The van der Waals surface area contributed by atoms with E-state index in [2.05, 4.69) is 29.1 Å². The second-order valence-corrected chi connectivity index (χ2v) is 5.88. The molecule has 1 aliphatic carbocycles. The molecule has 1 atom stereocenters. The largest absolute Gasteiger partial charge is 0.373 e. The highest BCUT2D eigenvalue weighted by Crippen LogP contribution is 2.35. The number of nitrogens with zero attached hydrogens (tertiary/aromatic N) is 1. The zero-order chi connectivity index (χ0) is 13.7. The molecule has 1 aromatic rings. The normalized spacial score (nSPS) is 18.9. The van der Waals surface area contributed by atoms with Crippen LogP contribution in [0.3, 0.4) is 0 Å². The van der Waals surface area contributed by atoms with Crippen LogP contribution in [0.25, 0.3) is 0 Å². The quantitative estimate of drug-likeness (QED) is 0.830. The molecule has 0 aromatic carbocycles. The van der Waals surface area contributed by atoms with Crippen molar-refractivity contribution in [3.8, 4) is 0 Å². The monoisotopic (exact) mass is 265 g/mol. The zero-order valence-electron chi connectivity index (χ0n) is 12.4. The third kappa shape index (κ3) is 4.05. The molecule has 1 unspecified atom stereocenters. The lowest BCUT2D eigenvalue weighted by Gasteiger charge is -2.27. The first kappa shape index (κ1) is 14.5. The molecule has 1 heterocycles. The summed E-state index contributed by atoms with van der Waals surface area (Å²) in [7, 11) is 1.80. The molecule has 19 heavy (non-hydrogen) atoms. The van der Waals surface area contributed by atoms with Gasteiger partial charge < -0.3 is 15.0 Å². The van der Waals surface area contributed by atoms with E-state index in [0.717, 1.165) is 18.1 Å². The Labute approximate surface area is 116 Å². The Kier molecular flexibility index (Phi) is 5.40. The van der Waals surface area contributed by atoms with Crippen molar-refractivity contribution < 1.29 is 4.74 Å². The molecule has 1 aliphatic rings. The van der Waals surface area contributed by atoms with E-state index in [1.165, 1.54) is 32.1 Å². The van der Waals surface area contributed by atoms with Gasteiger partial charge in [-0.3, -0.25) is 0 Å². The Balaban J connectivity index is 1.98. The van der Waals surface area contributed by atoms with Gasteiger partial charge >= 0.3 is 0 Å². The molecule has 1 saturated carbocycles. The summed E-state index contributed by atoms with van der Waals surface area (Å²) in [6.45, 7) is 5.14. The van der Waals surface area contributed by atoms with Gasteiger partial charge in [0.2, 0.25) is 0 Å². The van der Waals surface area contributed by atoms with Crippen LogP contribution < -0.4 is 5.32 Å². The number of nitrogens with one attached hydrogen (secondary N) is 2. The topological polar surface area (TPSA) is 49.9 Å². The molecule has 0 bridgehead atoms. The number of aromatic nitrogens is 2. The van der Waals surface area contributed by atoms with Crippen LogP contribution in [0.5, 0.6) is 0 Å². The van der Waals surface area contributed by atoms with Crippen LogP contribution in [-0.4, -0.2) is 23.1 Å². The van der Waals surface area contributed by atoms with Crippen LogP contribution in [0.1, 0.15) is 63.6 Å². The van der Waals surface area contributed by atoms with Crippen molar-refractivity contribution in [1.29, 1.82) is 0 Å². The highest BCUT2D eigenvalue weighted by atomic mass is 16.5. The molecule has 2 rings (SSSR count). The molecule has 4 heteroatoms. The first-order valence-corrected chi connectivity index (χ1v) is 7.50. The van der Waals surface area contributed by atoms with E-state index < -0.39 is 0 Å². The van der Waals surface area contributed by atoms with E-state index in [1.807, 2.05) is 6.20 Å². The van der Waals surface area contributed by atoms with Crippen molar-refractivity contribution in [2.24, 2.45) is 5.92 Å². The highest BCUT2D eigenvalue weighted by Gasteiger charge is 2.27. The van der Waals surface area contributed by atoms with Crippen LogP contribution in [-0.2, 0) is 11.3 Å². The summed E-state index contributed by atoms with van der Waals surface area (Å²) >= 11 is 0. The fourth-order valence-corrected chi connectivity index (χ4v) is 2.89. The number of aromatic amines is 1. The number of hydrogen-bond acceptors (Lipinski definition) is 3. The summed E-state index contributed by atoms with van der Waals surface area (Å²) in [5.41, 5.74) is 1.14. The van der Waals surface area contributed by atoms with Crippen molar-refractivity contribution in [1.82, 2.24) is 15.3 Å². The summed E-state index contributed by atoms with van der Waals surface area (Å²) in [5.74, 6) is 1.62. The molecule has 1 aromatic heterocycles. The standard InChI is InChI=1S/C15H27N3O/c1-11(2)16-9-13-10-17-15(18-13)14(19-3)12-7-5-4-6-8-12/h10-12,14,16H,4-9H2,1-3H3,(H,17,18). The van der Waals surface area contributed by atoms with E-state index >= 15 is 0 Å². The van der Waals surface area contributed by atoms with Crippen LogP contribution in [0.15, 0.2) is 6.20 Å². The predicted octanol–water partition coefficient (Wildman–Crippen LogP) is 3.18. The van der Waals surface area contributed by atoms with Crippen molar-refractivity contribution >= 4 is 0 Å². The molecule has 0 saturated heterocycles. The number of methoxy groups -OCH3 is 1. The minimum atomic E-state index is 0.132. The van der Waals surface area contributed by atoms with Crippen LogP contribution in [0, 0.1) is 5.92 Å². The number of hydrogen-bond donors (Lipinski definition) is 2. The second-order valence-electron chi connectivity index (χ2n) is 5.88. The van der Waals surface area contributed by atoms with E-state index in [0.29, 0.717) is 12.0 Å². The molecule has 0 spiro atoms. The minimum absolute atomic E-state index is 0.132. The van der Waals surface area contributed by atoms with Crippen molar-refractivity contribution in [2.45, 2.75) is 64.6 Å². The molecule has 0 radical (unpaired) electrons. The zero-order valence-corrected chi connectivity index (χ0v) is 12.4. The molecule has 0 amide bonds. The van der Waals surface area contributed by atoms with Crippen LogP contribution in [0.4, 0.5) is 0 Å². The van der Waals surface area contributed by atoms with Gasteiger partial charge in [-0.15, -0.1) is 0 Å². The van der Waals surface area contributed by atoms with Gasteiger partial charge in [0.25, 0.3) is 0 Å². The predicted molar refractivity (Wildman–Crippen MR) is 76.9 cm³/mol. The summed E-state index contributed by atoms with van der Waals surface area (Å²) in [6.07, 6.45) is 8.61. The average molecular weight is 265 g/mol. The highest BCUT2D eigenvalue weighted by molar-refractivity contribution is 5.05. The van der Waals surface area contributed by atoms with Gasteiger partial charge in [0.1, 0.15) is 11.9 Å². The number of H-pyrrole nitrogens is 1. The van der Waals surface area contributed by atoms with Gasteiger partial charge in [-0.1, -0.05) is 33.1 Å². The van der Waals surface area contributed by atoms with Gasteiger partial charge in [-0.05, 0) is 18.8 Å². The van der Waals surface area contributed by atoms with Gasteiger partial charge in [-0.2, -0.15) is 0 Å². The lowest BCUT2D eigenvalue weighted by molar-refractivity contribution is 0.0294. The lowest BCUT2D eigenvalue weighted by atomic mass is 9.85. The first-order chi connectivity index (χ1) is 9.20. The maximum atomic E-state index is 5.70. The van der Waals surface area contributed by atoms with Crippen LogP contribution in [0.2, 0.25) is 0 Å². The molecule has 1 fully saturated rings. The average Bonchev–Trinajstić information content (AvgIpc) is 2.87. The first-order valence-electron chi connectivity index (χ1n) is 7.50. The van der Waals surface area contributed by atoms with Crippen molar-refractivity contribution in [3.05, 3.63) is 17.7 Å². The molecule has 2 N–H and O–H groups in total. The Morgan fingerprint density at radius 2 is 2.11 bits per heavy atom. The summed E-state index contributed by atoms with van der Waals surface area (Å²) in [6, 6.07) is 0.489. The van der Waals surface area contributed by atoms with Crippen molar-refractivity contribution in [3.63, 3.8) is 0 Å². The van der Waals surface area contributed by atoms with E-state index in [4.69, 9.17) is 4.74 Å². The third-order valence-corrected chi connectivity index (χ3v) is 3.95. The maximum absolute atomic E-state index is 5.70. The third-order valence-electron chi connectivity index (χ3n) is 3.95. The fraction of sp³-hybridized carbons (Fsp3) is 0.800. The Morgan fingerprint density at radius 1 is 1.37 bits per heavy atom. The molecule has 0 aliphatic heterocycles. The smallest absolute Gasteiger partial charge is 0.135 e. The summed E-state index contributed by atoms with van der Waals surface area (Å²) in [5, 5.41) is 3.40. The lowest BCUT2D eigenvalue weighted by Crippen LogP contribution is -2.22. The fourth-order valence-electron chi connectivity index (χ4n) is 2.89. The number of rotatable bonds is 6. The van der Waals surface area contributed by atoms with Gasteiger partial charge in [0.05, 0.1) is 0 Å². The molecular formula is C15H27N3O. The Hall–Kier alpha value is -0.870. The second kappa shape index (κ2) is 7.06. The number of ether oxygens (including phenoxy) is 1. The Morgan fingerprint density at radius 3 is 2.74 bits per heavy atom. The van der Waals surface area contributed by atoms with E-state index in [-0.39, 0.29) is 6.10 Å².